The summed E-state index contributed by atoms with van der Waals surface area (Å²) in [6.45, 7) is 1.47. The van der Waals surface area contributed by atoms with Gasteiger partial charge in [-0.25, -0.2) is 4.79 Å². The Hall–Kier alpha value is -1.93. The predicted octanol–water partition coefficient (Wildman–Crippen LogP) is 1.60. The van der Waals surface area contributed by atoms with Crippen molar-refractivity contribution in [2.24, 2.45) is 0 Å². The molecule has 5 heteroatoms. The Labute approximate surface area is 103 Å². The van der Waals surface area contributed by atoms with Gasteiger partial charge in [-0.1, -0.05) is 23.6 Å². The molecule has 17 heavy (non-hydrogen) atoms. The minimum absolute atomic E-state index is 0.00787. The molecule has 1 aromatic carbocycles. The van der Waals surface area contributed by atoms with Gasteiger partial charge in [-0.3, -0.25) is 4.79 Å². The summed E-state index contributed by atoms with van der Waals surface area (Å²) >= 11 is 1.12. The average molecular weight is 249 g/mol. The number of nitrogens with two attached hydrogens (primary N) is 1. The minimum atomic E-state index is -1.02. The fraction of sp³-hybridized carbons (Fsp3) is 0.167. The van der Waals surface area contributed by atoms with Crippen LogP contribution in [0.3, 0.4) is 0 Å². The molecule has 0 heterocycles. The first-order valence-corrected chi connectivity index (χ1v) is 5.74. The molecule has 4 nitrogen and oxygen atoms in total. The fourth-order valence-electron chi connectivity index (χ4n) is 1.08. The molecule has 0 spiro atoms. The highest BCUT2D eigenvalue weighted by atomic mass is 32.2. The first kappa shape index (κ1) is 13.1. The van der Waals surface area contributed by atoms with E-state index in [0.717, 1.165) is 11.8 Å². The van der Waals surface area contributed by atoms with Crippen LogP contribution in [-0.2, 0) is 4.79 Å². The topological polar surface area (TPSA) is 80.4 Å². The van der Waals surface area contributed by atoms with Crippen LogP contribution in [0.4, 0.5) is 5.69 Å². The van der Waals surface area contributed by atoms with E-state index in [1.165, 1.54) is 19.1 Å². The number of nitrogen functional groups attached to an aromatic ring is 1. The van der Waals surface area contributed by atoms with Gasteiger partial charge in [0.2, 0.25) is 0 Å². The van der Waals surface area contributed by atoms with E-state index in [2.05, 4.69) is 11.8 Å². The fourth-order valence-corrected chi connectivity index (χ4v) is 1.43. The zero-order chi connectivity index (χ0) is 12.8. The summed E-state index contributed by atoms with van der Waals surface area (Å²) in [5.41, 5.74) is 6.69. The molecule has 0 aliphatic heterocycles. The van der Waals surface area contributed by atoms with Crippen molar-refractivity contribution in [1.82, 2.24) is 0 Å². The summed E-state index contributed by atoms with van der Waals surface area (Å²) in [6, 6.07) is 4.37. The van der Waals surface area contributed by atoms with Crippen molar-refractivity contribution in [2.75, 3.05) is 11.5 Å². The zero-order valence-electron chi connectivity index (χ0n) is 9.19. The van der Waals surface area contributed by atoms with Gasteiger partial charge in [0.1, 0.15) is 0 Å². The smallest absolute Gasteiger partial charge is 0.335 e. The van der Waals surface area contributed by atoms with Crippen LogP contribution in [0.2, 0.25) is 0 Å². The summed E-state index contributed by atoms with van der Waals surface area (Å²) in [5.74, 6) is 4.95. The Morgan fingerprint density at radius 2 is 2.18 bits per heavy atom. The number of carbonyl (C=O) groups excluding carboxylic acids is 1. The van der Waals surface area contributed by atoms with E-state index in [9.17, 15) is 9.59 Å². The molecule has 1 rings (SSSR count). The van der Waals surface area contributed by atoms with Gasteiger partial charge in [-0.2, -0.15) is 0 Å². The summed E-state index contributed by atoms with van der Waals surface area (Å²) in [4.78, 5) is 21.3. The number of rotatable bonds is 2. The van der Waals surface area contributed by atoms with Crippen molar-refractivity contribution in [1.29, 1.82) is 0 Å². The molecule has 1 aromatic rings. The molecule has 0 atom stereocenters. The van der Waals surface area contributed by atoms with E-state index in [-0.39, 0.29) is 10.7 Å². The van der Waals surface area contributed by atoms with Crippen LogP contribution in [0.25, 0.3) is 0 Å². The van der Waals surface area contributed by atoms with Crippen molar-refractivity contribution >= 4 is 28.5 Å². The maximum atomic E-state index is 10.7. The highest BCUT2D eigenvalue weighted by Gasteiger charge is 2.04. The highest BCUT2D eigenvalue weighted by molar-refractivity contribution is 8.13. The number of carbonyl (C=O) groups is 2. The Balaban J connectivity index is 2.79. The van der Waals surface area contributed by atoms with Gasteiger partial charge in [0.15, 0.2) is 5.12 Å². The highest BCUT2D eigenvalue weighted by Crippen LogP contribution is 2.13. The molecule has 88 valence electrons. The predicted molar refractivity (Wildman–Crippen MR) is 67.8 cm³/mol. The van der Waals surface area contributed by atoms with Crippen molar-refractivity contribution < 1.29 is 14.7 Å². The molecule has 0 saturated carbocycles. The van der Waals surface area contributed by atoms with Crippen molar-refractivity contribution in [3.05, 3.63) is 29.3 Å². The second kappa shape index (κ2) is 5.97. The third-order valence-electron chi connectivity index (χ3n) is 1.87. The molecule has 0 aliphatic rings. The van der Waals surface area contributed by atoms with Gasteiger partial charge in [-0.05, 0) is 18.2 Å². The lowest BCUT2D eigenvalue weighted by atomic mass is 10.1. The van der Waals surface area contributed by atoms with E-state index >= 15 is 0 Å². The molecule has 0 bridgehead atoms. The number of carboxylic acids is 1. The third kappa shape index (κ3) is 4.21. The van der Waals surface area contributed by atoms with E-state index in [0.29, 0.717) is 17.0 Å². The largest absolute Gasteiger partial charge is 0.478 e. The minimum Gasteiger partial charge on any atom is -0.478 e. The first-order valence-electron chi connectivity index (χ1n) is 4.75. The maximum Gasteiger partial charge on any atom is 0.335 e. The molecular weight excluding hydrogens is 238 g/mol. The maximum absolute atomic E-state index is 10.7. The second-order valence-corrected chi connectivity index (χ2v) is 4.34. The van der Waals surface area contributed by atoms with Crippen LogP contribution in [0, 0.1) is 11.8 Å². The number of hydrogen-bond acceptors (Lipinski definition) is 4. The van der Waals surface area contributed by atoms with E-state index in [1.807, 2.05) is 0 Å². The molecule has 0 fully saturated rings. The number of benzene rings is 1. The average Bonchev–Trinajstić information content (AvgIpc) is 2.25. The monoisotopic (exact) mass is 249 g/mol. The van der Waals surface area contributed by atoms with Crippen molar-refractivity contribution in [2.45, 2.75) is 6.92 Å². The molecule has 0 amide bonds. The number of hydrogen-bond donors (Lipinski definition) is 2. The SMILES string of the molecule is CC(=O)SCC#Cc1ccc(C(=O)O)cc1N. The molecule has 0 aromatic heterocycles. The Kier molecular flexibility index (Phi) is 4.61. The summed E-state index contributed by atoms with van der Waals surface area (Å²) in [6.07, 6.45) is 0. The lowest BCUT2D eigenvalue weighted by molar-refractivity contribution is -0.109. The van der Waals surface area contributed by atoms with Crippen LogP contribution >= 0.6 is 11.8 Å². The number of anilines is 1. The molecule has 0 radical (unpaired) electrons. The standard InChI is InChI=1S/C12H11NO3S/c1-8(14)17-6-2-3-9-4-5-10(12(15)16)7-11(9)13/h4-5,7H,6,13H2,1H3,(H,15,16). The number of thioether (sulfide) groups is 1. The van der Waals surface area contributed by atoms with Crippen LogP contribution in [0.1, 0.15) is 22.8 Å². The Morgan fingerprint density at radius 1 is 1.47 bits per heavy atom. The first-order chi connectivity index (χ1) is 8.00. The Morgan fingerprint density at radius 3 is 2.71 bits per heavy atom. The summed E-state index contributed by atoms with van der Waals surface area (Å²) in [5, 5.41) is 8.75. The zero-order valence-corrected chi connectivity index (χ0v) is 10.0. The quantitative estimate of drug-likeness (QED) is 0.614. The van der Waals surface area contributed by atoms with Crippen molar-refractivity contribution in [3.8, 4) is 11.8 Å². The van der Waals surface area contributed by atoms with Crippen molar-refractivity contribution in [3.63, 3.8) is 0 Å². The van der Waals surface area contributed by atoms with Crippen LogP contribution in [-0.4, -0.2) is 21.9 Å². The Bertz CT molecular complexity index is 514. The lowest BCUT2D eigenvalue weighted by Crippen LogP contribution is -1.99. The molecule has 0 aliphatic carbocycles. The normalized spacial score (nSPS) is 9.24. The van der Waals surface area contributed by atoms with Crippen LogP contribution in [0.5, 0.6) is 0 Å². The van der Waals surface area contributed by atoms with Gasteiger partial charge in [-0.15, -0.1) is 0 Å². The van der Waals surface area contributed by atoms with Gasteiger partial charge < -0.3 is 10.8 Å². The van der Waals surface area contributed by atoms with E-state index in [1.54, 1.807) is 6.07 Å². The molecule has 3 N–H and O–H groups in total. The molecular formula is C12H11NO3S. The van der Waals surface area contributed by atoms with Gasteiger partial charge in [0, 0.05) is 18.2 Å². The van der Waals surface area contributed by atoms with Crippen LogP contribution in [0.15, 0.2) is 18.2 Å². The van der Waals surface area contributed by atoms with E-state index in [4.69, 9.17) is 10.8 Å². The summed E-state index contributed by atoms with van der Waals surface area (Å²) < 4.78 is 0. The lowest BCUT2D eigenvalue weighted by Gasteiger charge is -1.99. The van der Waals surface area contributed by atoms with Gasteiger partial charge in [0.25, 0.3) is 0 Å². The number of aromatic carboxylic acids is 1. The third-order valence-corrected chi connectivity index (χ3v) is 2.56. The van der Waals surface area contributed by atoms with Gasteiger partial charge in [0.05, 0.1) is 11.3 Å². The molecule has 0 unspecified atom stereocenters. The van der Waals surface area contributed by atoms with Crippen LogP contribution < -0.4 is 5.73 Å². The van der Waals surface area contributed by atoms with Gasteiger partial charge >= 0.3 is 5.97 Å². The summed E-state index contributed by atoms with van der Waals surface area (Å²) in [7, 11) is 0. The number of carboxylic acid groups (broad SMARTS) is 1. The second-order valence-electron chi connectivity index (χ2n) is 3.19. The van der Waals surface area contributed by atoms with E-state index < -0.39 is 5.97 Å². The molecule has 0 saturated heterocycles.